The van der Waals surface area contributed by atoms with Gasteiger partial charge >= 0.3 is 5.97 Å². The summed E-state index contributed by atoms with van der Waals surface area (Å²) in [6.45, 7) is 9.66. The molecule has 0 aliphatic carbocycles. The molecule has 0 bridgehead atoms. The molecule has 0 saturated heterocycles. The van der Waals surface area contributed by atoms with Crippen LogP contribution in [0.25, 0.3) is 0 Å². The fraction of sp³-hybridized carbons (Fsp3) is 0.462. The zero-order chi connectivity index (χ0) is 11.8. The second-order valence-corrected chi connectivity index (χ2v) is 4.06. The van der Waals surface area contributed by atoms with Gasteiger partial charge in [0.1, 0.15) is 0 Å². The zero-order valence-corrected chi connectivity index (χ0v) is 9.73. The average molecular weight is 208 g/mol. The van der Waals surface area contributed by atoms with Crippen molar-refractivity contribution in [3.05, 3.63) is 36.5 Å². The van der Waals surface area contributed by atoms with Gasteiger partial charge in [-0.1, -0.05) is 44.7 Å². The van der Waals surface area contributed by atoms with E-state index in [1.54, 1.807) is 19.1 Å². The highest BCUT2D eigenvalue weighted by Crippen LogP contribution is 2.11. The van der Waals surface area contributed by atoms with Gasteiger partial charge in [0.25, 0.3) is 0 Å². The average Bonchev–Trinajstić information content (AvgIpc) is 2.15. The first-order chi connectivity index (χ1) is 6.97. The number of carboxylic acids is 1. The molecule has 0 rings (SSSR count). The topological polar surface area (TPSA) is 37.3 Å². The third-order valence-electron chi connectivity index (χ3n) is 2.01. The Hall–Kier alpha value is -1.31. The van der Waals surface area contributed by atoms with Crippen molar-refractivity contribution in [1.29, 1.82) is 0 Å². The molecule has 1 atom stereocenters. The predicted molar refractivity (Wildman–Crippen MR) is 63.7 cm³/mol. The molecule has 0 aromatic carbocycles. The number of carbonyl (C=O) groups is 1. The Morgan fingerprint density at radius 2 is 2.00 bits per heavy atom. The molecule has 0 aromatic heterocycles. The SMILES string of the molecule is C=C/C(=C\C=C\C(C)C(=O)O)CC(C)C. The van der Waals surface area contributed by atoms with Crippen LogP contribution < -0.4 is 0 Å². The maximum Gasteiger partial charge on any atom is 0.310 e. The first-order valence-electron chi connectivity index (χ1n) is 5.20. The maximum atomic E-state index is 10.5. The molecule has 0 heterocycles. The lowest BCUT2D eigenvalue weighted by atomic mass is 10.0. The summed E-state index contributed by atoms with van der Waals surface area (Å²) >= 11 is 0. The number of hydrogen-bond acceptors (Lipinski definition) is 1. The molecule has 1 unspecified atom stereocenters. The van der Waals surface area contributed by atoms with Crippen LogP contribution in [0.1, 0.15) is 27.2 Å². The lowest BCUT2D eigenvalue weighted by molar-refractivity contribution is -0.139. The van der Waals surface area contributed by atoms with Crippen molar-refractivity contribution in [2.75, 3.05) is 0 Å². The van der Waals surface area contributed by atoms with Gasteiger partial charge in [0.15, 0.2) is 0 Å². The summed E-state index contributed by atoms with van der Waals surface area (Å²) < 4.78 is 0. The smallest absolute Gasteiger partial charge is 0.310 e. The molecule has 1 N–H and O–H groups in total. The van der Waals surface area contributed by atoms with Crippen LogP contribution in [0.4, 0.5) is 0 Å². The third-order valence-corrected chi connectivity index (χ3v) is 2.01. The fourth-order valence-electron chi connectivity index (χ4n) is 1.12. The molecule has 0 aromatic rings. The first kappa shape index (κ1) is 13.7. The van der Waals surface area contributed by atoms with E-state index >= 15 is 0 Å². The van der Waals surface area contributed by atoms with Crippen LogP contribution in [-0.2, 0) is 4.79 Å². The van der Waals surface area contributed by atoms with Gasteiger partial charge in [-0.25, -0.2) is 0 Å². The van der Waals surface area contributed by atoms with Gasteiger partial charge in [-0.05, 0) is 24.8 Å². The Kier molecular flexibility index (Phi) is 6.43. The molecule has 0 aliphatic heterocycles. The Bertz CT molecular complexity index is 272. The van der Waals surface area contributed by atoms with Crippen LogP contribution in [-0.4, -0.2) is 11.1 Å². The van der Waals surface area contributed by atoms with Gasteiger partial charge < -0.3 is 5.11 Å². The minimum atomic E-state index is -0.802. The van der Waals surface area contributed by atoms with Crippen molar-refractivity contribution >= 4 is 5.97 Å². The largest absolute Gasteiger partial charge is 0.481 e. The Morgan fingerprint density at radius 1 is 1.40 bits per heavy atom. The van der Waals surface area contributed by atoms with Gasteiger partial charge in [0.05, 0.1) is 5.92 Å². The fourth-order valence-corrected chi connectivity index (χ4v) is 1.12. The van der Waals surface area contributed by atoms with Crippen molar-refractivity contribution in [2.45, 2.75) is 27.2 Å². The lowest BCUT2D eigenvalue weighted by Crippen LogP contribution is -2.05. The van der Waals surface area contributed by atoms with E-state index < -0.39 is 11.9 Å². The number of allylic oxidation sites excluding steroid dienone is 4. The molecular formula is C13H20O2. The molecule has 0 fully saturated rings. The number of carboxylic acid groups (broad SMARTS) is 1. The van der Waals surface area contributed by atoms with E-state index in [0.717, 1.165) is 12.0 Å². The quantitative estimate of drug-likeness (QED) is 0.679. The summed E-state index contributed by atoms with van der Waals surface area (Å²) in [5, 5.41) is 8.66. The van der Waals surface area contributed by atoms with E-state index in [2.05, 4.69) is 20.4 Å². The van der Waals surface area contributed by atoms with Crippen LogP contribution in [0.2, 0.25) is 0 Å². The maximum absolute atomic E-state index is 10.5. The van der Waals surface area contributed by atoms with E-state index in [0.29, 0.717) is 5.92 Å². The second-order valence-electron chi connectivity index (χ2n) is 4.06. The van der Waals surface area contributed by atoms with Crippen molar-refractivity contribution < 1.29 is 9.90 Å². The molecule has 84 valence electrons. The van der Waals surface area contributed by atoms with Gasteiger partial charge in [-0.15, -0.1) is 0 Å². The minimum absolute atomic E-state index is 0.439. The standard InChI is InChI=1S/C13H20O2/c1-5-12(9-10(2)3)8-6-7-11(4)13(14)15/h5-8,10-11H,1,9H2,2-4H3,(H,14,15)/b7-6+,12-8+. The molecule has 0 spiro atoms. The van der Waals surface area contributed by atoms with E-state index in [1.807, 2.05) is 12.2 Å². The van der Waals surface area contributed by atoms with Crippen molar-refractivity contribution in [3.8, 4) is 0 Å². The van der Waals surface area contributed by atoms with Gasteiger partial charge in [0, 0.05) is 0 Å². The summed E-state index contributed by atoms with van der Waals surface area (Å²) in [5.74, 6) is -0.658. The number of aliphatic carboxylic acids is 1. The van der Waals surface area contributed by atoms with Crippen molar-refractivity contribution in [2.24, 2.45) is 11.8 Å². The molecule has 0 amide bonds. The van der Waals surface area contributed by atoms with Crippen LogP contribution in [0.3, 0.4) is 0 Å². The Morgan fingerprint density at radius 3 is 2.40 bits per heavy atom. The van der Waals surface area contributed by atoms with Crippen molar-refractivity contribution in [1.82, 2.24) is 0 Å². The number of rotatable bonds is 6. The van der Waals surface area contributed by atoms with Gasteiger partial charge in [-0.2, -0.15) is 0 Å². The summed E-state index contributed by atoms with van der Waals surface area (Å²) in [6.07, 6.45) is 8.17. The highest BCUT2D eigenvalue weighted by atomic mass is 16.4. The summed E-state index contributed by atoms with van der Waals surface area (Å²) in [7, 11) is 0. The highest BCUT2D eigenvalue weighted by molar-refractivity contribution is 5.71. The normalized spacial score (nSPS) is 14.5. The van der Waals surface area contributed by atoms with E-state index in [1.165, 1.54) is 0 Å². The molecule has 15 heavy (non-hydrogen) atoms. The monoisotopic (exact) mass is 208 g/mol. The number of hydrogen-bond donors (Lipinski definition) is 1. The van der Waals surface area contributed by atoms with Crippen molar-refractivity contribution in [3.63, 3.8) is 0 Å². The molecular weight excluding hydrogens is 188 g/mol. The second kappa shape index (κ2) is 7.04. The van der Waals surface area contributed by atoms with E-state index in [9.17, 15) is 4.79 Å². The van der Waals surface area contributed by atoms with Crippen LogP contribution in [0.15, 0.2) is 36.5 Å². The van der Waals surface area contributed by atoms with E-state index in [-0.39, 0.29) is 0 Å². The molecule has 0 aliphatic rings. The van der Waals surface area contributed by atoms with Gasteiger partial charge in [-0.3, -0.25) is 4.79 Å². The summed E-state index contributed by atoms with van der Waals surface area (Å²) in [5.41, 5.74) is 1.14. The van der Waals surface area contributed by atoms with Crippen LogP contribution in [0.5, 0.6) is 0 Å². The third kappa shape index (κ3) is 6.72. The minimum Gasteiger partial charge on any atom is -0.481 e. The Labute approximate surface area is 92.0 Å². The van der Waals surface area contributed by atoms with E-state index in [4.69, 9.17) is 5.11 Å². The lowest BCUT2D eigenvalue weighted by Gasteiger charge is -2.04. The van der Waals surface area contributed by atoms with Crippen LogP contribution >= 0.6 is 0 Å². The summed E-state index contributed by atoms with van der Waals surface area (Å²) in [6, 6.07) is 0. The van der Waals surface area contributed by atoms with Crippen LogP contribution in [0, 0.1) is 11.8 Å². The molecule has 0 radical (unpaired) electrons. The molecule has 0 saturated carbocycles. The Balaban J connectivity index is 4.33. The predicted octanol–water partition coefficient (Wildman–Crippen LogP) is 3.42. The van der Waals surface area contributed by atoms with Gasteiger partial charge in [0.2, 0.25) is 0 Å². The highest BCUT2D eigenvalue weighted by Gasteiger charge is 2.04. The molecule has 2 nitrogen and oxygen atoms in total. The summed E-state index contributed by atoms with van der Waals surface area (Å²) in [4.78, 5) is 10.5. The molecule has 2 heteroatoms. The zero-order valence-electron chi connectivity index (χ0n) is 9.73. The first-order valence-corrected chi connectivity index (χ1v) is 5.20.